The predicted octanol–water partition coefficient (Wildman–Crippen LogP) is 1.98. The maximum Gasteiger partial charge on any atom is 0.222 e. The summed E-state index contributed by atoms with van der Waals surface area (Å²) in [7, 11) is 0. The predicted molar refractivity (Wildman–Crippen MR) is 85.4 cm³/mol. The van der Waals surface area contributed by atoms with Crippen molar-refractivity contribution < 1.29 is 18.8 Å². The van der Waals surface area contributed by atoms with E-state index in [1.54, 1.807) is 42.5 Å². The summed E-state index contributed by atoms with van der Waals surface area (Å²) >= 11 is 0. The number of hydrogen-bond acceptors (Lipinski definition) is 5. The molecule has 23 heavy (non-hydrogen) atoms. The third-order valence-corrected chi connectivity index (χ3v) is 3.17. The van der Waals surface area contributed by atoms with E-state index in [0.717, 1.165) is 5.57 Å². The molecule has 0 saturated heterocycles. The van der Waals surface area contributed by atoms with E-state index in [1.165, 1.54) is 24.5 Å². The summed E-state index contributed by atoms with van der Waals surface area (Å²) in [6.45, 7) is 0. The molecule has 2 heterocycles. The summed E-state index contributed by atoms with van der Waals surface area (Å²) in [6, 6.07) is 6.82. The van der Waals surface area contributed by atoms with Crippen molar-refractivity contribution in [3.8, 4) is 0 Å². The lowest BCUT2D eigenvalue weighted by Crippen LogP contribution is -2.09. The summed E-state index contributed by atoms with van der Waals surface area (Å²) in [5.74, 6) is 0.353. The highest BCUT2D eigenvalue weighted by atomic mass is 16.8. The Bertz CT molecular complexity index is 918. The SMILES string of the molecule is [O-][N+]([O-])=C1C=CC(=c2ccc(=CC=C(O)c3ccco3)o2)C=C1. The van der Waals surface area contributed by atoms with Crippen LogP contribution in [0.3, 0.4) is 0 Å². The van der Waals surface area contributed by atoms with Crippen molar-refractivity contribution in [1.82, 2.24) is 0 Å². The first-order chi connectivity index (χ1) is 11.1. The van der Waals surface area contributed by atoms with Crippen LogP contribution in [0, 0.1) is 10.4 Å². The number of furan rings is 2. The lowest BCUT2D eigenvalue weighted by molar-refractivity contribution is -0.377. The Balaban J connectivity index is 1.90. The van der Waals surface area contributed by atoms with Gasteiger partial charge in [-0.3, -0.25) is 0 Å². The van der Waals surface area contributed by atoms with Crippen LogP contribution in [0.2, 0.25) is 0 Å². The number of rotatable bonds is 2. The molecule has 0 unspecified atom stereocenters. The van der Waals surface area contributed by atoms with Crippen LogP contribution in [-0.4, -0.2) is 15.7 Å². The molecular formula is C17H12NO5-. The Morgan fingerprint density at radius 2 is 1.87 bits per heavy atom. The highest BCUT2D eigenvalue weighted by molar-refractivity contribution is 6.05. The van der Waals surface area contributed by atoms with Crippen LogP contribution >= 0.6 is 0 Å². The smallest absolute Gasteiger partial charge is 0.222 e. The average molecular weight is 310 g/mol. The second-order valence-electron chi connectivity index (χ2n) is 4.70. The highest BCUT2D eigenvalue weighted by Gasteiger charge is 2.04. The third kappa shape index (κ3) is 3.26. The van der Waals surface area contributed by atoms with Gasteiger partial charge >= 0.3 is 0 Å². The molecule has 1 N–H and O–H groups in total. The maximum atomic E-state index is 10.6. The monoisotopic (exact) mass is 310 g/mol. The molecule has 0 spiro atoms. The molecule has 1 aliphatic carbocycles. The van der Waals surface area contributed by atoms with Crippen molar-refractivity contribution in [3.63, 3.8) is 0 Å². The summed E-state index contributed by atoms with van der Waals surface area (Å²) in [5.41, 5.74) is 1.88. The lowest BCUT2D eigenvalue weighted by atomic mass is 10.1. The number of aliphatic hydroxyl groups is 1. The number of nitrogens with zero attached hydrogens (tertiary/aromatic N) is 1. The van der Waals surface area contributed by atoms with Gasteiger partial charge in [0.2, 0.25) is 5.71 Å². The summed E-state index contributed by atoms with van der Waals surface area (Å²) < 4.78 is 10.7. The Morgan fingerprint density at radius 1 is 1.09 bits per heavy atom. The molecule has 0 saturated carbocycles. The number of aliphatic hydroxyl groups excluding tert-OH is 1. The quantitative estimate of drug-likeness (QED) is 0.520. The molecule has 2 aromatic rings. The van der Waals surface area contributed by atoms with Gasteiger partial charge in [0.1, 0.15) is 10.8 Å². The minimum Gasteiger partial charge on any atom is -0.612 e. The van der Waals surface area contributed by atoms with Crippen LogP contribution in [0.4, 0.5) is 0 Å². The fraction of sp³-hybridized carbons (Fsp3) is 0. The number of allylic oxidation sites excluding steroid dienone is 5. The van der Waals surface area contributed by atoms with Crippen LogP contribution < -0.4 is 10.8 Å². The maximum absolute atomic E-state index is 10.6. The van der Waals surface area contributed by atoms with Gasteiger partial charge in [0, 0.05) is 17.7 Å². The highest BCUT2D eigenvalue weighted by Crippen LogP contribution is 2.11. The second kappa shape index (κ2) is 6.15. The largest absolute Gasteiger partial charge is 0.612 e. The van der Waals surface area contributed by atoms with Crippen LogP contribution in [0.15, 0.2) is 69.7 Å². The third-order valence-electron chi connectivity index (χ3n) is 3.17. The van der Waals surface area contributed by atoms with Crippen LogP contribution in [-0.2, 0) is 0 Å². The molecule has 0 atom stereocenters. The zero-order valence-electron chi connectivity index (χ0n) is 11.9. The van der Waals surface area contributed by atoms with Crippen molar-refractivity contribution >= 4 is 23.1 Å². The minimum absolute atomic E-state index is 0.0108. The topological polar surface area (TPSA) is 95.6 Å². The number of hydrogen-bond donors (Lipinski definition) is 1. The van der Waals surface area contributed by atoms with Gasteiger partial charge in [0.05, 0.1) is 6.26 Å². The zero-order chi connectivity index (χ0) is 16.2. The normalized spacial score (nSPS) is 15.5. The van der Waals surface area contributed by atoms with Gasteiger partial charge in [-0.05, 0) is 48.6 Å². The molecule has 3 rings (SSSR count). The zero-order valence-corrected chi connectivity index (χ0v) is 11.9. The average Bonchev–Trinajstić information content (AvgIpc) is 3.24. The molecule has 116 valence electrons. The molecule has 0 radical (unpaired) electrons. The van der Waals surface area contributed by atoms with E-state index < -0.39 is 4.90 Å². The molecule has 0 fully saturated rings. The summed E-state index contributed by atoms with van der Waals surface area (Å²) in [5, 5.41) is 31.1. The first kappa shape index (κ1) is 14.5. The van der Waals surface area contributed by atoms with E-state index >= 15 is 0 Å². The van der Waals surface area contributed by atoms with Crippen molar-refractivity contribution in [3.05, 3.63) is 87.9 Å². The fourth-order valence-corrected chi connectivity index (χ4v) is 2.01. The van der Waals surface area contributed by atoms with E-state index in [1.807, 2.05) is 0 Å². The standard InChI is InChI=1S/C17H12NO5/c19-15(17-2-1-11-22-17)9-7-14-8-10-16(23-14)12-3-5-13(6-4-12)18(20)21/h1-11H,(H-,19,20,21)/q-1. The van der Waals surface area contributed by atoms with Crippen molar-refractivity contribution in [1.29, 1.82) is 0 Å². The molecular weight excluding hydrogens is 298 g/mol. The van der Waals surface area contributed by atoms with Gasteiger partial charge in [-0.15, -0.1) is 0 Å². The Hall–Kier alpha value is -3.41. The molecule has 6 heteroatoms. The minimum atomic E-state index is -0.451. The lowest BCUT2D eigenvalue weighted by Gasteiger charge is -2.07. The Morgan fingerprint density at radius 3 is 2.52 bits per heavy atom. The van der Waals surface area contributed by atoms with E-state index in [-0.39, 0.29) is 11.5 Å². The van der Waals surface area contributed by atoms with Gasteiger partial charge in [-0.1, -0.05) is 0 Å². The first-order valence-electron chi connectivity index (χ1n) is 6.76. The van der Waals surface area contributed by atoms with Crippen molar-refractivity contribution in [2.75, 3.05) is 0 Å². The Kier molecular flexibility index (Phi) is 3.88. The van der Waals surface area contributed by atoms with Gasteiger partial charge in [0.15, 0.2) is 11.5 Å². The summed E-state index contributed by atoms with van der Waals surface area (Å²) in [6.07, 6.45) is 10.6. The van der Waals surface area contributed by atoms with Gasteiger partial charge in [-0.2, -0.15) is 4.90 Å². The molecule has 0 amide bonds. The molecule has 0 bridgehead atoms. The molecule has 0 aliphatic heterocycles. The van der Waals surface area contributed by atoms with E-state index in [0.29, 0.717) is 16.6 Å². The van der Waals surface area contributed by atoms with Gasteiger partial charge < -0.3 is 24.4 Å². The Labute approximate surface area is 130 Å². The van der Waals surface area contributed by atoms with E-state index in [9.17, 15) is 15.5 Å². The molecule has 0 aromatic carbocycles. The van der Waals surface area contributed by atoms with Crippen LogP contribution in [0.25, 0.3) is 17.4 Å². The van der Waals surface area contributed by atoms with Crippen LogP contribution in [0.5, 0.6) is 0 Å². The molecule has 6 nitrogen and oxygen atoms in total. The second-order valence-corrected chi connectivity index (χ2v) is 4.70. The van der Waals surface area contributed by atoms with Crippen molar-refractivity contribution in [2.24, 2.45) is 0 Å². The molecule has 2 aromatic heterocycles. The fourth-order valence-electron chi connectivity index (χ4n) is 2.01. The van der Waals surface area contributed by atoms with E-state index in [2.05, 4.69) is 0 Å². The van der Waals surface area contributed by atoms with Crippen molar-refractivity contribution in [2.45, 2.75) is 0 Å². The summed E-state index contributed by atoms with van der Waals surface area (Å²) in [4.78, 5) is -0.451. The van der Waals surface area contributed by atoms with Gasteiger partial charge in [-0.25, -0.2) is 0 Å². The van der Waals surface area contributed by atoms with Gasteiger partial charge in [0.25, 0.3) is 0 Å². The molecule has 1 aliphatic rings. The first-order valence-corrected chi connectivity index (χ1v) is 6.76. The van der Waals surface area contributed by atoms with Crippen LogP contribution in [0.1, 0.15) is 5.76 Å². The van der Waals surface area contributed by atoms with E-state index in [4.69, 9.17) is 8.83 Å².